The van der Waals surface area contributed by atoms with E-state index in [1.807, 2.05) is 61.3 Å². The number of carbonyl (C=O) groups is 1. The van der Waals surface area contributed by atoms with Crippen LogP contribution in [0.4, 0.5) is 10.8 Å². The molecule has 0 radical (unpaired) electrons. The molecular weight excluding hydrogens is 350 g/mol. The average Bonchev–Trinajstić information content (AvgIpc) is 3.08. The van der Waals surface area contributed by atoms with Gasteiger partial charge in [0.15, 0.2) is 5.13 Å². The lowest BCUT2D eigenvalue weighted by Gasteiger charge is -2.16. The van der Waals surface area contributed by atoms with E-state index in [9.17, 15) is 4.79 Å². The largest absolute Gasteiger partial charge is 0.494 e. The number of rotatable bonds is 7. The third-order valence-corrected chi connectivity index (χ3v) is 4.89. The molecule has 6 nitrogen and oxygen atoms in total. The number of aromatic nitrogens is 1. The number of carbonyl (C=O) groups excluding carboxylic acids is 1. The number of amides is 1. The SMILES string of the molecule is CCOc1ccccc1NC(=O)CN(C)c1nc2c(OC)cccc2s1. The first-order valence-electron chi connectivity index (χ1n) is 8.28. The summed E-state index contributed by atoms with van der Waals surface area (Å²) < 4.78 is 11.9. The Kier molecular flexibility index (Phi) is 5.58. The molecule has 0 unspecified atom stereocenters. The van der Waals surface area contributed by atoms with E-state index < -0.39 is 0 Å². The van der Waals surface area contributed by atoms with Crippen LogP contribution in [0.15, 0.2) is 42.5 Å². The molecule has 1 N–H and O–H groups in total. The zero-order valence-electron chi connectivity index (χ0n) is 15.0. The highest BCUT2D eigenvalue weighted by molar-refractivity contribution is 7.22. The third-order valence-electron chi connectivity index (χ3n) is 3.76. The van der Waals surface area contributed by atoms with Crippen LogP contribution in [0.3, 0.4) is 0 Å². The first kappa shape index (κ1) is 18.0. The zero-order valence-corrected chi connectivity index (χ0v) is 15.8. The molecule has 0 spiro atoms. The van der Waals surface area contributed by atoms with E-state index in [1.54, 1.807) is 7.11 Å². The number of likely N-dealkylation sites (N-methyl/N-ethyl adjacent to an activating group) is 1. The van der Waals surface area contributed by atoms with E-state index in [0.717, 1.165) is 21.1 Å². The Labute approximate surface area is 156 Å². The second-order valence-corrected chi connectivity index (χ2v) is 6.65. The second kappa shape index (κ2) is 8.05. The first-order valence-corrected chi connectivity index (χ1v) is 9.10. The van der Waals surface area contributed by atoms with E-state index in [-0.39, 0.29) is 12.5 Å². The third kappa shape index (κ3) is 3.88. The van der Waals surface area contributed by atoms with E-state index in [1.165, 1.54) is 11.3 Å². The fraction of sp³-hybridized carbons (Fsp3) is 0.263. The first-order chi connectivity index (χ1) is 12.6. The van der Waals surface area contributed by atoms with Crippen LogP contribution in [-0.2, 0) is 4.79 Å². The summed E-state index contributed by atoms with van der Waals surface area (Å²) in [4.78, 5) is 18.9. The number of thiazole rings is 1. The number of methoxy groups -OCH3 is 1. The van der Waals surface area contributed by atoms with Crippen molar-refractivity contribution in [1.29, 1.82) is 0 Å². The van der Waals surface area contributed by atoms with Gasteiger partial charge in [-0.3, -0.25) is 4.79 Å². The van der Waals surface area contributed by atoms with Gasteiger partial charge in [-0.15, -0.1) is 0 Å². The minimum Gasteiger partial charge on any atom is -0.494 e. The molecule has 136 valence electrons. The summed E-state index contributed by atoms with van der Waals surface area (Å²) in [7, 11) is 3.47. The van der Waals surface area contributed by atoms with Crippen molar-refractivity contribution < 1.29 is 14.3 Å². The predicted molar refractivity (Wildman–Crippen MR) is 106 cm³/mol. The molecule has 0 aliphatic heterocycles. The summed E-state index contributed by atoms with van der Waals surface area (Å²) in [5, 5.41) is 3.66. The maximum Gasteiger partial charge on any atom is 0.244 e. The Morgan fingerprint density at radius 1 is 1.19 bits per heavy atom. The summed E-state index contributed by atoms with van der Waals surface area (Å²) in [6.07, 6.45) is 0. The molecule has 3 rings (SSSR count). The van der Waals surface area contributed by atoms with Gasteiger partial charge in [0, 0.05) is 7.05 Å². The monoisotopic (exact) mass is 371 g/mol. The molecule has 3 aromatic rings. The summed E-state index contributed by atoms with van der Waals surface area (Å²) in [5.74, 6) is 1.26. The van der Waals surface area contributed by atoms with Crippen LogP contribution in [0.5, 0.6) is 11.5 Å². The number of nitrogens with zero attached hydrogens (tertiary/aromatic N) is 2. The van der Waals surface area contributed by atoms with Crippen LogP contribution in [0.1, 0.15) is 6.92 Å². The molecule has 0 aliphatic carbocycles. The number of nitrogens with one attached hydrogen (secondary N) is 1. The van der Waals surface area contributed by atoms with E-state index in [2.05, 4.69) is 10.3 Å². The van der Waals surface area contributed by atoms with Crippen molar-refractivity contribution in [3.05, 3.63) is 42.5 Å². The number of para-hydroxylation sites is 3. The summed E-state index contributed by atoms with van der Waals surface area (Å²) >= 11 is 1.52. The molecule has 0 atom stereocenters. The van der Waals surface area contributed by atoms with Crippen molar-refractivity contribution in [2.45, 2.75) is 6.92 Å². The van der Waals surface area contributed by atoms with Crippen molar-refractivity contribution >= 4 is 38.3 Å². The Bertz CT molecular complexity index is 910. The minimum atomic E-state index is -0.133. The van der Waals surface area contributed by atoms with Gasteiger partial charge in [-0.05, 0) is 31.2 Å². The van der Waals surface area contributed by atoms with Crippen LogP contribution in [0, 0.1) is 0 Å². The van der Waals surface area contributed by atoms with Gasteiger partial charge in [0.25, 0.3) is 0 Å². The number of hydrogen-bond acceptors (Lipinski definition) is 6. The Balaban J connectivity index is 1.72. The van der Waals surface area contributed by atoms with Crippen LogP contribution < -0.4 is 19.7 Å². The molecule has 1 aromatic heterocycles. The van der Waals surface area contributed by atoms with Gasteiger partial charge >= 0.3 is 0 Å². The van der Waals surface area contributed by atoms with Gasteiger partial charge in [0.2, 0.25) is 5.91 Å². The Morgan fingerprint density at radius 3 is 2.73 bits per heavy atom. The van der Waals surface area contributed by atoms with Crippen LogP contribution in [-0.4, -0.2) is 38.2 Å². The smallest absolute Gasteiger partial charge is 0.244 e. The Morgan fingerprint density at radius 2 is 1.96 bits per heavy atom. The molecule has 26 heavy (non-hydrogen) atoms. The lowest BCUT2D eigenvalue weighted by atomic mass is 10.3. The number of fused-ring (bicyclic) bond motifs is 1. The predicted octanol–water partition coefficient (Wildman–Crippen LogP) is 3.78. The molecule has 1 heterocycles. The quantitative estimate of drug-likeness (QED) is 0.685. The van der Waals surface area contributed by atoms with Gasteiger partial charge in [-0.25, -0.2) is 4.98 Å². The summed E-state index contributed by atoms with van der Waals surface area (Å²) in [5.41, 5.74) is 1.47. The van der Waals surface area contributed by atoms with Crippen LogP contribution in [0.25, 0.3) is 10.2 Å². The van der Waals surface area contributed by atoms with Crippen LogP contribution >= 0.6 is 11.3 Å². The second-order valence-electron chi connectivity index (χ2n) is 5.64. The lowest BCUT2D eigenvalue weighted by molar-refractivity contribution is -0.114. The maximum atomic E-state index is 12.4. The number of anilines is 2. The molecule has 0 saturated heterocycles. The van der Waals surface area contributed by atoms with E-state index in [4.69, 9.17) is 9.47 Å². The van der Waals surface area contributed by atoms with Crippen molar-refractivity contribution in [2.24, 2.45) is 0 Å². The van der Waals surface area contributed by atoms with Crippen molar-refractivity contribution in [3.63, 3.8) is 0 Å². The summed E-state index contributed by atoms with van der Waals surface area (Å²) in [6, 6.07) is 13.2. The van der Waals surface area contributed by atoms with Crippen molar-refractivity contribution in [3.8, 4) is 11.5 Å². The van der Waals surface area contributed by atoms with Gasteiger partial charge in [0.05, 0.1) is 30.6 Å². The standard InChI is InChI=1S/C19H21N3O3S/c1-4-25-14-9-6-5-8-13(14)20-17(23)12-22(2)19-21-18-15(24-3)10-7-11-16(18)26-19/h5-11H,4,12H2,1-3H3,(H,20,23). The highest BCUT2D eigenvalue weighted by atomic mass is 32.1. The van der Waals surface area contributed by atoms with Crippen molar-refractivity contribution in [1.82, 2.24) is 4.98 Å². The van der Waals surface area contributed by atoms with Gasteiger partial charge < -0.3 is 19.7 Å². The maximum absolute atomic E-state index is 12.4. The summed E-state index contributed by atoms with van der Waals surface area (Å²) in [6.45, 7) is 2.64. The number of ether oxygens (including phenoxy) is 2. The fourth-order valence-electron chi connectivity index (χ4n) is 2.56. The van der Waals surface area contributed by atoms with Gasteiger partial charge in [0.1, 0.15) is 17.0 Å². The minimum absolute atomic E-state index is 0.133. The normalized spacial score (nSPS) is 10.6. The fourth-order valence-corrected chi connectivity index (χ4v) is 3.51. The molecule has 2 aromatic carbocycles. The highest BCUT2D eigenvalue weighted by Gasteiger charge is 2.15. The zero-order chi connectivity index (χ0) is 18.5. The van der Waals surface area contributed by atoms with Gasteiger partial charge in [-0.1, -0.05) is 29.5 Å². The van der Waals surface area contributed by atoms with Gasteiger partial charge in [-0.2, -0.15) is 0 Å². The lowest BCUT2D eigenvalue weighted by Crippen LogP contribution is -2.30. The molecule has 1 amide bonds. The van der Waals surface area contributed by atoms with Crippen molar-refractivity contribution in [2.75, 3.05) is 37.5 Å². The molecule has 0 bridgehead atoms. The van der Waals surface area contributed by atoms with Crippen LogP contribution in [0.2, 0.25) is 0 Å². The topological polar surface area (TPSA) is 63.7 Å². The molecule has 0 aliphatic rings. The molecule has 7 heteroatoms. The molecular formula is C19H21N3O3S. The highest BCUT2D eigenvalue weighted by Crippen LogP contribution is 2.33. The van der Waals surface area contributed by atoms with E-state index in [0.29, 0.717) is 18.0 Å². The average molecular weight is 371 g/mol. The molecule has 0 fully saturated rings. The number of benzene rings is 2. The number of hydrogen-bond donors (Lipinski definition) is 1. The molecule has 0 saturated carbocycles. The Hall–Kier alpha value is -2.80. The van der Waals surface area contributed by atoms with E-state index >= 15 is 0 Å².